The number of carbonyl (C=O) groups is 1. The second kappa shape index (κ2) is 7.18. The molecular weight excluding hydrogens is 310 g/mol. The molecule has 4 heteroatoms. The first-order valence-corrected chi connectivity index (χ1v) is 8.19. The first-order chi connectivity index (χ1) is 12.0. The van der Waals surface area contributed by atoms with E-state index in [1.807, 2.05) is 63.2 Å². The van der Waals surface area contributed by atoms with Crippen LogP contribution in [-0.4, -0.2) is 10.9 Å². The molecule has 0 radical (unpaired) electrons. The molecule has 0 aliphatic rings. The van der Waals surface area contributed by atoms with E-state index in [0.29, 0.717) is 5.56 Å². The van der Waals surface area contributed by atoms with E-state index in [0.717, 1.165) is 33.8 Å². The molecule has 0 bridgehead atoms. The van der Waals surface area contributed by atoms with Crippen molar-refractivity contribution in [3.63, 3.8) is 0 Å². The maximum absolute atomic E-state index is 12.6. The molecule has 0 atom stereocenters. The number of pyridine rings is 1. The largest absolute Gasteiger partial charge is 0.354 e. The first-order valence-electron chi connectivity index (χ1n) is 8.19. The van der Waals surface area contributed by atoms with E-state index in [2.05, 4.69) is 15.6 Å². The summed E-state index contributed by atoms with van der Waals surface area (Å²) in [5.74, 6) is -0.172. The van der Waals surface area contributed by atoms with Gasteiger partial charge in [-0.1, -0.05) is 30.3 Å². The Morgan fingerprint density at radius 2 is 1.64 bits per heavy atom. The Bertz CT molecular complexity index is 919. The third kappa shape index (κ3) is 4.04. The van der Waals surface area contributed by atoms with Crippen LogP contribution in [0.15, 0.2) is 60.9 Å². The molecule has 1 amide bonds. The van der Waals surface area contributed by atoms with Crippen LogP contribution >= 0.6 is 0 Å². The molecular formula is C21H21N3O. The van der Waals surface area contributed by atoms with E-state index in [9.17, 15) is 4.79 Å². The SMILES string of the molecule is Cc1ccc(C)c(NC(=O)c2cncc(Nc3ccccc3C)c2)c1. The van der Waals surface area contributed by atoms with Crippen molar-refractivity contribution in [1.29, 1.82) is 0 Å². The lowest BCUT2D eigenvalue weighted by molar-refractivity contribution is 0.102. The van der Waals surface area contributed by atoms with Crippen LogP contribution in [0.25, 0.3) is 0 Å². The van der Waals surface area contributed by atoms with Gasteiger partial charge in [0.1, 0.15) is 0 Å². The van der Waals surface area contributed by atoms with E-state index in [-0.39, 0.29) is 5.91 Å². The average Bonchev–Trinajstić information content (AvgIpc) is 2.60. The number of nitrogens with one attached hydrogen (secondary N) is 2. The van der Waals surface area contributed by atoms with Crippen molar-refractivity contribution in [2.24, 2.45) is 0 Å². The van der Waals surface area contributed by atoms with Gasteiger partial charge in [-0.15, -0.1) is 0 Å². The fraction of sp³-hybridized carbons (Fsp3) is 0.143. The van der Waals surface area contributed by atoms with Crippen LogP contribution in [0.2, 0.25) is 0 Å². The number of para-hydroxylation sites is 1. The summed E-state index contributed by atoms with van der Waals surface area (Å²) in [6, 6.07) is 15.8. The monoisotopic (exact) mass is 331 g/mol. The quantitative estimate of drug-likeness (QED) is 0.707. The van der Waals surface area contributed by atoms with Gasteiger partial charge < -0.3 is 10.6 Å². The van der Waals surface area contributed by atoms with E-state index in [1.165, 1.54) is 0 Å². The minimum absolute atomic E-state index is 0.172. The fourth-order valence-corrected chi connectivity index (χ4v) is 2.57. The summed E-state index contributed by atoms with van der Waals surface area (Å²) < 4.78 is 0. The fourth-order valence-electron chi connectivity index (χ4n) is 2.57. The molecule has 0 saturated carbocycles. The van der Waals surface area contributed by atoms with Gasteiger partial charge in [-0.2, -0.15) is 0 Å². The lowest BCUT2D eigenvalue weighted by Gasteiger charge is -2.12. The van der Waals surface area contributed by atoms with E-state index < -0.39 is 0 Å². The van der Waals surface area contributed by atoms with Crippen molar-refractivity contribution in [2.75, 3.05) is 10.6 Å². The van der Waals surface area contributed by atoms with Gasteiger partial charge in [0.2, 0.25) is 0 Å². The molecule has 0 aliphatic heterocycles. The molecule has 4 nitrogen and oxygen atoms in total. The van der Waals surface area contributed by atoms with E-state index >= 15 is 0 Å². The van der Waals surface area contributed by atoms with Crippen LogP contribution in [0.4, 0.5) is 17.1 Å². The van der Waals surface area contributed by atoms with Crippen molar-refractivity contribution in [3.05, 3.63) is 83.2 Å². The number of hydrogen-bond acceptors (Lipinski definition) is 3. The van der Waals surface area contributed by atoms with Gasteiger partial charge in [0.25, 0.3) is 5.91 Å². The Morgan fingerprint density at radius 3 is 2.44 bits per heavy atom. The highest BCUT2D eigenvalue weighted by molar-refractivity contribution is 6.05. The highest BCUT2D eigenvalue weighted by Crippen LogP contribution is 2.21. The van der Waals surface area contributed by atoms with Crippen LogP contribution in [0.1, 0.15) is 27.0 Å². The molecule has 2 N–H and O–H groups in total. The zero-order chi connectivity index (χ0) is 17.8. The zero-order valence-electron chi connectivity index (χ0n) is 14.6. The molecule has 0 fully saturated rings. The Balaban J connectivity index is 1.80. The highest BCUT2D eigenvalue weighted by Gasteiger charge is 2.10. The van der Waals surface area contributed by atoms with Crippen molar-refractivity contribution in [2.45, 2.75) is 20.8 Å². The van der Waals surface area contributed by atoms with Crippen LogP contribution in [0.3, 0.4) is 0 Å². The van der Waals surface area contributed by atoms with Gasteiger partial charge in [-0.05, 0) is 55.7 Å². The number of aryl methyl sites for hydroxylation is 3. The molecule has 3 aromatic rings. The zero-order valence-corrected chi connectivity index (χ0v) is 14.6. The smallest absolute Gasteiger partial charge is 0.257 e. The van der Waals surface area contributed by atoms with Gasteiger partial charge in [-0.3, -0.25) is 9.78 Å². The highest BCUT2D eigenvalue weighted by atomic mass is 16.1. The Hall–Kier alpha value is -3.14. The second-order valence-corrected chi connectivity index (χ2v) is 6.17. The second-order valence-electron chi connectivity index (χ2n) is 6.17. The first kappa shape index (κ1) is 16.7. The summed E-state index contributed by atoms with van der Waals surface area (Å²) in [6.45, 7) is 6.01. The predicted octanol–water partition coefficient (Wildman–Crippen LogP) is 5.00. The standard InChI is InChI=1S/C21H21N3O/c1-14-8-9-16(3)20(10-14)24-21(25)17-11-18(13-22-12-17)23-19-7-5-4-6-15(19)2/h4-13,23H,1-3H3,(H,24,25). The maximum atomic E-state index is 12.6. The summed E-state index contributed by atoms with van der Waals surface area (Å²) >= 11 is 0. The van der Waals surface area contributed by atoms with Gasteiger partial charge in [0, 0.05) is 17.6 Å². The number of nitrogens with zero attached hydrogens (tertiary/aromatic N) is 1. The number of anilines is 3. The summed E-state index contributed by atoms with van der Waals surface area (Å²) in [4.78, 5) is 16.8. The Labute approximate surface area is 147 Å². The molecule has 1 heterocycles. The third-order valence-electron chi connectivity index (χ3n) is 4.07. The number of benzene rings is 2. The Morgan fingerprint density at radius 1 is 0.880 bits per heavy atom. The number of aromatic nitrogens is 1. The minimum atomic E-state index is -0.172. The minimum Gasteiger partial charge on any atom is -0.354 e. The van der Waals surface area contributed by atoms with Crippen LogP contribution in [0.5, 0.6) is 0 Å². The van der Waals surface area contributed by atoms with Crippen molar-refractivity contribution in [1.82, 2.24) is 4.98 Å². The van der Waals surface area contributed by atoms with Gasteiger partial charge in [0.15, 0.2) is 0 Å². The summed E-state index contributed by atoms with van der Waals surface area (Å²) in [7, 11) is 0. The Kier molecular flexibility index (Phi) is 4.80. The maximum Gasteiger partial charge on any atom is 0.257 e. The number of hydrogen-bond donors (Lipinski definition) is 2. The molecule has 0 saturated heterocycles. The molecule has 2 aromatic carbocycles. The topological polar surface area (TPSA) is 54.0 Å². The van der Waals surface area contributed by atoms with E-state index in [4.69, 9.17) is 0 Å². The van der Waals surface area contributed by atoms with Crippen LogP contribution in [0, 0.1) is 20.8 Å². The molecule has 126 valence electrons. The number of rotatable bonds is 4. The van der Waals surface area contributed by atoms with Crippen LogP contribution < -0.4 is 10.6 Å². The molecule has 0 unspecified atom stereocenters. The van der Waals surface area contributed by atoms with Crippen LogP contribution in [-0.2, 0) is 0 Å². The van der Waals surface area contributed by atoms with Crippen molar-refractivity contribution in [3.8, 4) is 0 Å². The lowest BCUT2D eigenvalue weighted by Crippen LogP contribution is -2.13. The third-order valence-corrected chi connectivity index (χ3v) is 4.07. The molecule has 25 heavy (non-hydrogen) atoms. The molecule has 3 rings (SSSR count). The number of amides is 1. The average molecular weight is 331 g/mol. The lowest BCUT2D eigenvalue weighted by atomic mass is 10.1. The molecule has 0 spiro atoms. The predicted molar refractivity (Wildman–Crippen MR) is 103 cm³/mol. The van der Waals surface area contributed by atoms with Gasteiger partial charge >= 0.3 is 0 Å². The number of carbonyl (C=O) groups excluding carboxylic acids is 1. The van der Waals surface area contributed by atoms with Gasteiger partial charge in [-0.25, -0.2) is 0 Å². The van der Waals surface area contributed by atoms with Gasteiger partial charge in [0.05, 0.1) is 17.4 Å². The summed E-state index contributed by atoms with van der Waals surface area (Å²) in [5, 5.41) is 6.27. The molecule has 0 aliphatic carbocycles. The van der Waals surface area contributed by atoms with Crippen molar-refractivity contribution >= 4 is 23.0 Å². The van der Waals surface area contributed by atoms with Crippen molar-refractivity contribution < 1.29 is 4.79 Å². The summed E-state index contributed by atoms with van der Waals surface area (Å²) in [5.41, 5.74) is 6.38. The normalized spacial score (nSPS) is 10.4. The molecule has 1 aromatic heterocycles. The van der Waals surface area contributed by atoms with E-state index in [1.54, 1.807) is 18.5 Å². The summed E-state index contributed by atoms with van der Waals surface area (Å²) in [6.07, 6.45) is 3.28.